The molecule has 33 heavy (non-hydrogen) atoms. The minimum absolute atomic E-state index is 0. The zero-order chi connectivity index (χ0) is 22.8. The summed E-state index contributed by atoms with van der Waals surface area (Å²) in [6.45, 7) is 12.0. The number of likely N-dealkylation sites (tertiary alicyclic amines) is 1. The highest BCUT2D eigenvalue weighted by molar-refractivity contribution is 14.0. The van der Waals surface area contributed by atoms with Crippen LogP contribution in [0.15, 0.2) is 29.3 Å². The summed E-state index contributed by atoms with van der Waals surface area (Å²) in [5.74, 6) is 2.06. The molecular weight excluding hydrogens is 533 g/mol. The van der Waals surface area contributed by atoms with Crippen LogP contribution < -0.4 is 10.1 Å². The number of guanidine groups is 1. The average molecular weight is 574 g/mol. The number of hydrogen-bond acceptors (Lipinski definition) is 5. The Kier molecular flexibility index (Phi) is 12.3. The number of aliphatic imine (C=N–C) groups is 1. The van der Waals surface area contributed by atoms with Crippen LogP contribution >= 0.6 is 24.0 Å². The van der Waals surface area contributed by atoms with Crippen molar-refractivity contribution in [2.75, 3.05) is 66.1 Å². The summed E-state index contributed by atoms with van der Waals surface area (Å²) in [4.78, 5) is 24.2. The molecule has 1 amide bonds. The SMILES string of the molecule is CCNC(=NCc1ccc(OCCOC)cc1)N1CCN(C(C)C(=O)N2CCCC2)CC1.I. The van der Waals surface area contributed by atoms with E-state index in [9.17, 15) is 4.79 Å². The van der Waals surface area contributed by atoms with Gasteiger partial charge < -0.3 is 24.6 Å². The van der Waals surface area contributed by atoms with Crippen LogP contribution in [0.4, 0.5) is 0 Å². The first-order chi connectivity index (χ1) is 15.6. The maximum atomic E-state index is 12.7. The van der Waals surface area contributed by atoms with Crippen LogP contribution in [0.25, 0.3) is 0 Å². The van der Waals surface area contributed by atoms with E-state index < -0.39 is 0 Å². The quantitative estimate of drug-likeness (QED) is 0.212. The smallest absolute Gasteiger partial charge is 0.239 e. The first-order valence-corrected chi connectivity index (χ1v) is 11.9. The first kappa shape index (κ1) is 27.7. The zero-order valence-electron chi connectivity index (χ0n) is 20.3. The number of benzene rings is 1. The van der Waals surface area contributed by atoms with E-state index in [1.54, 1.807) is 7.11 Å². The van der Waals surface area contributed by atoms with Crippen molar-refractivity contribution in [1.29, 1.82) is 0 Å². The molecule has 0 saturated carbocycles. The lowest BCUT2D eigenvalue weighted by Crippen LogP contribution is -2.57. The number of amides is 1. The van der Waals surface area contributed by atoms with E-state index in [0.717, 1.165) is 75.9 Å². The molecule has 186 valence electrons. The number of carbonyl (C=O) groups is 1. The van der Waals surface area contributed by atoms with Crippen LogP contribution in [0.3, 0.4) is 0 Å². The Balaban J connectivity index is 0.00000385. The van der Waals surface area contributed by atoms with Crippen LogP contribution in [-0.2, 0) is 16.1 Å². The molecule has 1 aromatic carbocycles. The van der Waals surface area contributed by atoms with Gasteiger partial charge in [-0.1, -0.05) is 12.1 Å². The van der Waals surface area contributed by atoms with Gasteiger partial charge >= 0.3 is 0 Å². The fourth-order valence-electron chi connectivity index (χ4n) is 4.20. The third-order valence-electron chi connectivity index (χ3n) is 6.16. The molecule has 0 aliphatic carbocycles. The minimum Gasteiger partial charge on any atom is -0.491 e. The maximum absolute atomic E-state index is 12.7. The third-order valence-corrected chi connectivity index (χ3v) is 6.16. The zero-order valence-corrected chi connectivity index (χ0v) is 22.6. The topological polar surface area (TPSA) is 69.6 Å². The van der Waals surface area contributed by atoms with Gasteiger partial charge in [0, 0.05) is 52.9 Å². The Morgan fingerprint density at radius 3 is 2.30 bits per heavy atom. The summed E-state index contributed by atoms with van der Waals surface area (Å²) in [5, 5.41) is 3.42. The number of methoxy groups -OCH3 is 1. The molecule has 1 unspecified atom stereocenters. The molecule has 2 heterocycles. The lowest BCUT2D eigenvalue weighted by molar-refractivity contribution is -0.135. The predicted molar refractivity (Wildman–Crippen MR) is 142 cm³/mol. The molecule has 1 aromatic rings. The summed E-state index contributed by atoms with van der Waals surface area (Å²) >= 11 is 0. The van der Waals surface area contributed by atoms with Gasteiger partial charge in [-0.15, -0.1) is 24.0 Å². The third kappa shape index (κ3) is 8.29. The monoisotopic (exact) mass is 573 g/mol. The second-order valence-electron chi connectivity index (χ2n) is 8.39. The molecule has 3 rings (SSSR count). The molecule has 1 atom stereocenters. The summed E-state index contributed by atoms with van der Waals surface area (Å²) in [6.07, 6.45) is 2.27. The van der Waals surface area contributed by atoms with Crippen LogP contribution in [0.5, 0.6) is 5.75 Å². The number of hydrogen-bond donors (Lipinski definition) is 1. The second kappa shape index (κ2) is 14.6. The van der Waals surface area contributed by atoms with Crippen molar-refractivity contribution in [1.82, 2.24) is 20.0 Å². The number of halogens is 1. The van der Waals surface area contributed by atoms with Gasteiger partial charge in [0.05, 0.1) is 19.2 Å². The molecule has 9 heteroatoms. The molecule has 2 fully saturated rings. The van der Waals surface area contributed by atoms with Gasteiger partial charge in [0.2, 0.25) is 5.91 Å². The summed E-state index contributed by atoms with van der Waals surface area (Å²) in [6, 6.07) is 8.02. The van der Waals surface area contributed by atoms with E-state index in [2.05, 4.69) is 41.1 Å². The summed E-state index contributed by atoms with van der Waals surface area (Å²) in [7, 11) is 1.67. The Hall–Kier alpha value is -1.59. The van der Waals surface area contributed by atoms with E-state index in [0.29, 0.717) is 19.8 Å². The number of carbonyl (C=O) groups excluding carboxylic acids is 1. The van der Waals surface area contributed by atoms with E-state index in [-0.39, 0.29) is 35.9 Å². The van der Waals surface area contributed by atoms with Crippen molar-refractivity contribution in [3.63, 3.8) is 0 Å². The van der Waals surface area contributed by atoms with Crippen LogP contribution in [0.1, 0.15) is 32.3 Å². The van der Waals surface area contributed by atoms with E-state index in [4.69, 9.17) is 14.5 Å². The highest BCUT2D eigenvalue weighted by atomic mass is 127. The fourth-order valence-corrected chi connectivity index (χ4v) is 4.20. The van der Waals surface area contributed by atoms with Gasteiger partial charge in [0.1, 0.15) is 12.4 Å². The van der Waals surface area contributed by atoms with E-state index in [1.807, 2.05) is 17.0 Å². The van der Waals surface area contributed by atoms with Gasteiger partial charge in [0.25, 0.3) is 0 Å². The largest absolute Gasteiger partial charge is 0.491 e. The lowest BCUT2D eigenvalue weighted by Gasteiger charge is -2.39. The first-order valence-electron chi connectivity index (χ1n) is 11.9. The average Bonchev–Trinajstić information content (AvgIpc) is 3.37. The van der Waals surface area contributed by atoms with Gasteiger partial charge in [-0.25, -0.2) is 4.99 Å². The standard InChI is InChI=1S/C24H39N5O3.HI/c1-4-25-24(26-19-21-7-9-22(10-8-21)32-18-17-31-3)29-15-13-27(14-16-29)20(2)23(30)28-11-5-6-12-28;/h7-10,20H,4-6,11-19H2,1-3H3,(H,25,26);1H. The lowest BCUT2D eigenvalue weighted by atomic mass is 10.2. The summed E-state index contributed by atoms with van der Waals surface area (Å²) < 4.78 is 10.6. The highest BCUT2D eigenvalue weighted by Gasteiger charge is 2.30. The molecule has 1 N–H and O–H groups in total. The van der Waals surface area contributed by atoms with Gasteiger partial charge in [-0.05, 0) is 44.4 Å². The van der Waals surface area contributed by atoms with Crippen molar-refractivity contribution < 1.29 is 14.3 Å². The van der Waals surface area contributed by atoms with E-state index >= 15 is 0 Å². The number of nitrogens with zero attached hydrogens (tertiary/aromatic N) is 4. The molecule has 8 nitrogen and oxygen atoms in total. The number of piperazine rings is 1. The molecule has 0 spiro atoms. The molecule has 2 aliphatic heterocycles. The molecule has 0 bridgehead atoms. The molecule has 0 aromatic heterocycles. The molecular formula is C24H40IN5O3. The van der Waals surface area contributed by atoms with Gasteiger partial charge in [0.15, 0.2) is 5.96 Å². The Morgan fingerprint density at radius 2 is 1.70 bits per heavy atom. The van der Waals surface area contributed by atoms with Crippen LogP contribution in [0, 0.1) is 0 Å². The predicted octanol–water partition coefficient (Wildman–Crippen LogP) is 2.42. The van der Waals surface area contributed by atoms with Crippen molar-refractivity contribution in [2.45, 2.75) is 39.3 Å². The van der Waals surface area contributed by atoms with Gasteiger partial charge in [-0.3, -0.25) is 9.69 Å². The van der Waals surface area contributed by atoms with Crippen molar-refractivity contribution in [3.8, 4) is 5.75 Å². The van der Waals surface area contributed by atoms with Crippen molar-refractivity contribution in [3.05, 3.63) is 29.8 Å². The van der Waals surface area contributed by atoms with Crippen LogP contribution in [0.2, 0.25) is 0 Å². The minimum atomic E-state index is -0.0422. The number of ether oxygens (including phenoxy) is 2. The van der Waals surface area contributed by atoms with Crippen molar-refractivity contribution in [2.24, 2.45) is 4.99 Å². The van der Waals surface area contributed by atoms with E-state index in [1.165, 1.54) is 0 Å². The fraction of sp³-hybridized carbons (Fsp3) is 0.667. The Bertz CT molecular complexity index is 732. The second-order valence-corrected chi connectivity index (χ2v) is 8.39. The molecule has 2 aliphatic rings. The van der Waals surface area contributed by atoms with Crippen LogP contribution in [-0.4, -0.2) is 98.7 Å². The number of nitrogens with one attached hydrogen (secondary N) is 1. The van der Waals surface area contributed by atoms with Gasteiger partial charge in [-0.2, -0.15) is 0 Å². The summed E-state index contributed by atoms with van der Waals surface area (Å²) in [5.41, 5.74) is 1.14. The molecule has 2 saturated heterocycles. The maximum Gasteiger partial charge on any atom is 0.239 e. The highest BCUT2D eigenvalue weighted by Crippen LogP contribution is 2.15. The number of rotatable bonds is 9. The Labute approximate surface area is 215 Å². The normalized spacial score (nSPS) is 18.1. The Morgan fingerprint density at radius 1 is 1.03 bits per heavy atom. The molecule has 0 radical (unpaired) electrons. The van der Waals surface area contributed by atoms with Crippen molar-refractivity contribution >= 4 is 35.8 Å².